The lowest BCUT2D eigenvalue weighted by atomic mass is 10.1. The van der Waals surface area contributed by atoms with Gasteiger partial charge >= 0.3 is 5.97 Å². The van der Waals surface area contributed by atoms with E-state index in [4.69, 9.17) is 5.11 Å². The van der Waals surface area contributed by atoms with Crippen molar-refractivity contribution in [2.45, 2.75) is 78.6 Å². The summed E-state index contributed by atoms with van der Waals surface area (Å²) in [5.41, 5.74) is 0. The number of carboxylic acids is 1. The first-order valence-electron chi connectivity index (χ1n) is 7.04. The van der Waals surface area contributed by atoms with Gasteiger partial charge in [0.05, 0.1) is 0 Å². The van der Waals surface area contributed by atoms with Crippen molar-refractivity contribution in [2.75, 3.05) is 0 Å². The topological polar surface area (TPSA) is 37.3 Å². The van der Waals surface area contributed by atoms with Crippen LogP contribution in [0.25, 0.3) is 0 Å². The van der Waals surface area contributed by atoms with E-state index >= 15 is 0 Å². The molecule has 0 aromatic carbocycles. The van der Waals surface area contributed by atoms with E-state index < -0.39 is 5.97 Å². The van der Waals surface area contributed by atoms with Crippen LogP contribution in [0.4, 0.5) is 0 Å². The molecule has 102 valence electrons. The van der Waals surface area contributed by atoms with E-state index in [0.717, 1.165) is 6.08 Å². The Balaban J connectivity index is 0. The highest BCUT2D eigenvalue weighted by Crippen LogP contribution is 2.08. The lowest BCUT2D eigenvalue weighted by Gasteiger charge is -1.98. The van der Waals surface area contributed by atoms with E-state index in [-0.39, 0.29) is 0 Å². The number of rotatable bonds is 9. The van der Waals surface area contributed by atoms with E-state index in [1.165, 1.54) is 63.9 Å². The molecule has 0 aliphatic heterocycles. The molecule has 0 fully saturated rings. The first-order chi connectivity index (χ1) is 8.18. The molecule has 1 N–H and O–H groups in total. The maximum absolute atomic E-state index is 9.51. The van der Waals surface area contributed by atoms with Crippen LogP contribution in [0.2, 0.25) is 0 Å². The molecule has 2 nitrogen and oxygen atoms in total. The van der Waals surface area contributed by atoms with E-state index in [2.05, 4.69) is 13.8 Å². The second-order valence-electron chi connectivity index (χ2n) is 4.31. The van der Waals surface area contributed by atoms with Gasteiger partial charge in [0.1, 0.15) is 0 Å². The summed E-state index contributed by atoms with van der Waals surface area (Å²) >= 11 is 0. The van der Waals surface area contributed by atoms with E-state index in [9.17, 15) is 4.79 Å². The predicted octanol–water partition coefficient (Wildman–Crippen LogP) is 5.18. The molecule has 0 aromatic heterocycles. The number of hydrogen-bond donors (Lipinski definition) is 1. The lowest BCUT2D eigenvalue weighted by Crippen LogP contribution is -1.83. The van der Waals surface area contributed by atoms with Gasteiger partial charge in [-0.25, -0.2) is 4.79 Å². The molecule has 0 heterocycles. The zero-order chi connectivity index (χ0) is 13.4. The molecule has 0 atom stereocenters. The summed E-state index contributed by atoms with van der Waals surface area (Å²) in [5.74, 6) is -0.891. The smallest absolute Gasteiger partial charge is 0.327 e. The summed E-state index contributed by atoms with van der Waals surface area (Å²) < 4.78 is 0. The second kappa shape index (κ2) is 17.6. The van der Waals surface area contributed by atoms with Crippen LogP contribution in [-0.4, -0.2) is 11.1 Å². The van der Waals surface area contributed by atoms with Crippen LogP contribution in [0.1, 0.15) is 78.6 Å². The van der Waals surface area contributed by atoms with Crippen molar-refractivity contribution in [1.82, 2.24) is 0 Å². The minimum absolute atomic E-state index is 0.891. The highest BCUT2D eigenvalue weighted by molar-refractivity contribution is 5.79. The fourth-order valence-corrected chi connectivity index (χ4v) is 1.53. The summed E-state index contributed by atoms with van der Waals surface area (Å²) in [4.78, 5) is 9.51. The third-order valence-corrected chi connectivity index (χ3v) is 2.52. The Bertz CT molecular complexity index is 166. The molecule has 0 spiro atoms. The van der Waals surface area contributed by atoms with E-state index in [0.29, 0.717) is 0 Å². The van der Waals surface area contributed by atoms with Gasteiger partial charge in [-0.05, 0) is 6.92 Å². The molecule has 0 aliphatic rings. The average Bonchev–Trinajstić information content (AvgIpc) is 2.29. The third-order valence-electron chi connectivity index (χ3n) is 2.52. The van der Waals surface area contributed by atoms with Gasteiger partial charge in [-0.15, -0.1) is 0 Å². The van der Waals surface area contributed by atoms with Crippen molar-refractivity contribution >= 4 is 5.97 Å². The zero-order valence-electron chi connectivity index (χ0n) is 11.9. The molecule has 0 aromatic rings. The van der Waals surface area contributed by atoms with Crippen molar-refractivity contribution < 1.29 is 9.90 Å². The first-order valence-corrected chi connectivity index (χ1v) is 7.04. The Morgan fingerprint density at radius 1 is 0.882 bits per heavy atom. The molecular formula is C15H30O2. The third kappa shape index (κ3) is 25.5. The van der Waals surface area contributed by atoms with Crippen molar-refractivity contribution in [3.8, 4) is 0 Å². The van der Waals surface area contributed by atoms with E-state index in [1.54, 1.807) is 6.92 Å². The normalized spacial score (nSPS) is 10.1. The lowest BCUT2D eigenvalue weighted by molar-refractivity contribution is -0.131. The van der Waals surface area contributed by atoms with Gasteiger partial charge in [-0.1, -0.05) is 77.7 Å². The number of unbranched alkanes of at least 4 members (excludes halogenated alkanes) is 8. The Hall–Kier alpha value is -0.790. The van der Waals surface area contributed by atoms with Crippen LogP contribution in [0.5, 0.6) is 0 Å². The molecule has 0 saturated carbocycles. The fourth-order valence-electron chi connectivity index (χ4n) is 1.53. The second-order valence-corrected chi connectivity index (χ2v) is 4.31. The van der Waals surface area contributed by atoms with Gasteiger partial charge in [-0.3, -0.25) is 0 Å². The monoisotopic (exact) mass is 242 g/mol. The number of aliphatic carboxylic acids is 1. The highest BCUT2D eigenvalue weighted by Gasteiger charge is 1.89. The minimum atomic E-state index is -0.891. The Morgan fingerprint density at radius 3 is 1.41 bits per heavy atom. The van der Waals surface area contributed by atoms with Crippen LogP contribution >= 0.6 is 0 Å². The Labute approximate surface area is 107 Å². The quantitative estimate of drug-likeness (QED) is 0.446. The van der Waals surface area contributed by atoms with Crippen molar-refractivity contribution in [2.24, 2.45) is 0 Å². The number of carbonyl (C=O) groups is 1. The largest absolute Gasteiger partial charge is 0.478 e. The van der Waals surface area contributed by atoms with Crippen molar-refractivity contribution in [3.05, 3.63) is 12.2 Å². The molecule has 17 heavy (non-hydrogen) atoms. The highest BCUT2D eigenvalue weighted by atomic mass is 16.4. The Kier molecular flexibility index (Phi) is 19.2. The minimum Gasteiger partial charge on any atom is -0.478 e. The maximum Gasteiger partial charge on any atom is 0.327 e. The SMILES string of the molecule is CC=CC(=O)O.CCCCCCCCCCC. The van der Waals surface area contributed by atoms with Gasteiger partial charge in [-0.2, -0.15) is 0 Å². The van der Waals surface area contributed by atoms with Crippen LogP contribution in [0.3, 0.4) is 0 Å². The average molecular weight is 242 g/mol. The van der Waals surface area contributed by atoms with Gasteiger partial charge < -0.3 is 5.11 Å². The molecule has 0 aliphatic carbocycles. The summed E-state index contributed by atoms with van der Waals surface area (Å²) in [7, 11) is 0. The summed E-state index contributed by atoms with van der Waals surface area (Å²) in [5, 5.41) is 7.83. The maximum atomic E-state index is 9.51. The number of hydrogen-bond acceptors (Lipinski definition) is 1. The standard InChI is InChI=1S/C11H24.C4H6O2/c1-3-5-7-9-11-10-8-6-4-2;1-2-3-4(5)6/h3-11H2,1-2H3;2-3H,1H3,(H,5,6). The van der Waals surface area contributed by atoms with E-state index in [1.807, 2.05) is 0 Å². The summed E-state index contributed by atoms with van der Waals surface area (Å²) in [6.07, 6.45) is 15.5. The van der Waals surface area contributed by atoms with Crippen LogP contribution in [0, 0.1) is 0 Å². The van der Waals surface area contributed by atoms with Crippen molar-refractivity contribution in [3.63, 3.8) is 0 Å². The van der Waals surface area contributed by atoms with Crippen LogP contribution in [0.15, 0.2) is 12.2 Å². The van der Waals surface area contributed by atoms with Gasteiger partial charge in [0.25, 0.3) is 0 Å². The molecule has 0 rings (SSSR count). The first kappa shape index (κ1) is 18.6. The Morgan fingerprint density at radius 2 is 1.24 bits per heavy atom. The molecular weight excluding hydrogens is 212 g/mol. The van der Waals surface area contributed by atoms with Crippen LogP contribution < -0.4 is 0 Å². The molecule has 0 amide bonds. The number of carboxylic acid groups (broad SMARTS) is 1. The fraction of sp³-hybridized carbons (Fsp3) is 0.800. The van der Waals surface area contributed by atoms with Crippen LogP contribution in [-0.2, 0) is 4.79 Å². The van der Waals surface area contributed by atoms with Gasteiger partial charge in [0.2, 0.25) is 0 Å². The summed E-state index contributed by atoms with van der Waals surface area (Å²) in [6.45, 7) is 6.21. The molecule has 0 unspecified atom stereocenters. The molecule has 0 radical (unpaired) electrons. The molecule has 0 bridgehead atoms. The predicted molar refractivity (Wildman–Crippen MR) is 75.4 cm³/mol. The molecule has 0 saturated heterocycles. The summed E-state index contributed by atoms with van der Waals surface area (Å²) in [6, 6.07) is 0. The van der Waals surface area contributed by atoms with Gasteiger partial charge in [0.15, 0.2) is 0 Å². The number of allylic oxidation sites excluding steroid dienone is 1. The van der Waals surface area contributed by atoms with Crippen molar-refractivity contribution in [1.29, 1.82) is 0 Å². The van der Waals surface area contributed by atoms with Gasteiger partial charge in [0, 0.05) is 6.08 Å². The molecule has 2 heteroatoms. The zero-order valence-corrected chi connectivity index (χ0v) is 11.9.